The van der Waals surface area contributed by atoms with Crippen molar-refractivity contribution in [1.29, 1.82) is 0 Å². The van der Waals surface area contributed by atoms with E-state index < -0.39 is 12.0 Å². The smallest absolute Gasteiger partial charge is 0.343 e. The van der Waals surface area contributed by atoms with Gasteiger partial charge in [0.05, 0.1) is 13.2 Å². The minimum atomic E-state index is -0.517. The Hall–Kier alpha value is -2.83. The van der Waals surface area contributed by atoms with Crippen molar-refractivity contribution in [2.24, 2.45) is 0 Å². The largest absolute Gasteiger partial charge is 0.462 e. The third-order valence-corrected chi connectivity index (χ3v) is 3.10. The normalized spacial score (nSPS) is 10.5. The Kier molecular flexibility index (Phi) is 5.95. The van der Waals surface area contributed by atoms with E-state index >= 15 is 0 Å². The summed E-state index contributed by atoms with van der Waals surface area (Å²) in [7, 11) is 0. The summed E-state index contributed by atoms with van der Waals surface area (Å²) in [6, 6.07) is 9.28. The van der Waals surface area contributed by atoms with Crippen molar-refractivity contribution < 1.29 is 14.3 Å². The number of nitrogens with zero attached hydrogens (tertiary/aromatic N) is 2. The zero-order valence-electron chi connectivity index (χ0n) is 14.1. The van der Waals surface area contributed by atoms with Crippen LogP contribution in [-0.4, -0.2) is 34.4 Å². The molecule has 0 bridgehead atoms. The molecule has 7 heteroatoms. The number of carbonyl (C=O) groups is 2. The van der Waals surface area contributed by atoms with Crippen molar-refractivity contribution in [2.75, 3.05) is 11.9 Å². The first kappa shape index (κ1) is 17.5. The molecule has 0 unspecified atom stereocenters. The summed E-state index contributed by atoms with van der Waals surface area (Å²) in [6.45, 7) is 6.16. The molecule has 7 nitrogen and oxygen atoms in total. The molecule has 2 aromatic rings. The fourth-order valence-electron chi connectivity index (χ4n) is 2.13. The zero-order valence-corrected chi connectivity index (χ0v) is 14.1. The van der Waals surface area contributed by atoms with Crippen LogP contribution in [0, 0.1) is 0 Å². The maximum absolute atomic E-state index is 12.1. The summed E-state index contributed by atoms with van der Waals surface area (Å²) >= 11 is 0. The topological polar surface area (TPSA) is 85.2 Å². The average Bonchev–Trinajstić information content (AvgIpc) is 2.90. The molecule has 0 aliphatic carbocycles. The Balaban J connectivity index is 2.22. The van der Waals surface area contributed by atoms with Gasteiger partial charge in [0.2, 0.25) is 0 Å². The Labute approximate surface area is 141 Å². The van der Waals surface area contributed by atoms with Gasteiger partial charge in [0.15, 0.2) is 5.82 Å². The first-order chi connectivity index (χ1) is 11.5. The number of urea groups is 1. The lowest BCUT2D eigenvalue weighted by molar-refractivity contribution is 0.0527. The van der Waals surface area contributed by atoms with Gasteiger partial charge in [-0.25, -0.2) is 9.59 Å². The second-order valence-electron chi connectivity index (χ2n) is 5.55. The van der Waals surface area contributed by atoms with Crippen LogP contribution in [0.4, 0.5) is 10.6 Å². The van der Waals surface area contributed by atoms with E-state index in [-0.39, 0.29) is 24.0 Å². The zero-order chi connectivity index (χ0) is 17.5. The van der Waals surface area contributed by atoms with Crippen LogP contribution < -0.4 is 10.6 Å². The van der Waals surface area contributed by atoms with Crippen molar-refractivity contribution in [3.63, 3.8) is 0 Å². The minimum absolute atomic E-state index is 0.0255. The molecule has 1 aromatic carbocycles. The predicted molar refractivity (Wildman–Crippen MR) is 91.0 cm³/mol. The Bertz CT molecular complexity index is 695. The third kappa shape index (κ3) is 4.84. The van der Waals surface area contributed by atoms with Crippen LogP contribution in [0.25, 0.3) is 0 Å². The van der Waals surface area contributed by atoms with Crippen molar-refractivity contribution in [3.8, 4) is 0 Å². The molecule has 2 amide bonds. The lowest BCUT2D eigenvalue weighted by Crippen LogP contribution is -2.34. The van der Waals surface area contributed by atoms with Crippen LogP contribution in [0.3, 0.4) is 0 Å². The van der Waals surface area contributed by atoms with Crippen molar-refractivity contribution in [1.82, 2.24) is 15.1 Å². The predicted octanol–water partition coefficient (Wildman–Crippen LogP) is 2.64. The molecular weight excluding hydrogens is 308 g/mol. The Morgan fingerprint density at radius 3 is 2.58 bits per heavy atom. The second-order valence-corrected chi connectivity index (χ2v) is 5.55. The number of ether oxygens (including phenoxy) is 1. The van der Waals surface area contributed by atoms with Crippen molar-refractivity contribution >= 4 is 17.8 Å². The molecule has 2 N–H and O–H groups in total. The lowest BCUT2D eigenvalue weighted by Gasteiger charge is -2.09. The Morgan fingerprint density at radius 1 is 1.25 bits per heavy atom. The quantitative estimate of drug-likeness (QED) is 0.797. The highest BCUT2D eigenvalue weighted by molar-refractivity contribution is 5.99. The van der Waals surface area contributed by atoms with E-state index in [0.29, 0.717) is 6.54 Å². The molecule has 1 aromatic heterocycles. The number of anilines is 1. The maximum atomic E-state index is 12.1. The summed E-state index contributed by atoms with van der Waals surface area (Å²) < 4.78 is 6.63. The second kappa shape index (κ2) is 8.14. The lowest BCUT2D eigenvalue weighted by atomic mass is 10.2. The molecule has 0 aliphatic rings. The van der Waals surface area contributed by atoms with Gasteiger partial charge in [-0.2, -0.15) is 5.10 Å². The molecule has 0 aliphatic heterocycles. The average molecular weight is 330 g/mol. The number of amides is 2. The fourth-order valence-corrected chi connectivity index (χ4v) is 2.13. The van der Waals surface area contributed by atoms with Gasteiger partial charge >= 0.3 is 12.0 Å². The summed E-state index contributed by atoms with van der Waals surface area (Å²) in [5.74, 6) is -0.334. The molecule has 0 spiro atoms. The van der Waals surface area contributed by atoms with E-state index in [2.05, 4.69) is 15.7 Å². The van der Waals surface area contributed by atoms with Gasteiger partial charge in [0.25, 0.3) is 0 Å². The number of hydrogen-bond acceptors (Lipinski definition) is 4. The van der Waals surface area contributed by atoms with Crippen molar-refractivity contribution in [2.45, 2.75) is 33.4 Å². The maximum Gasteiger partial charge on any atom is 0.343 e. The van der Waals surface area contributed by atoms with Crippen LogP contribution in [-0.2, 0) is 11.3 Å². The SMILES string of the molecule is CCOC(=O)c1cn(Cc2ccccc2)nc1NC(=O)NC(C)C. The summed E-state index contributed by atoms with van der Waals surface area (Å²) in [4.78, 5) is 24.0. The van der Waals surface area contributed by atoms with E-state index in [0.717, 1.165) is 5.56 Å². The highest BCUT2D eigenvalue weighted by atomic mass is 16.5. The van der Waals surface area contributed by atoms with E-state index in [1.165, 1.54) is 0 Å². The molecule has 0 fully saturated rings. The van der Waals surface area contributed by atoms with E-state index in [1.54, 1.807) is 17.8 Å². The minimum Gasteiger partial charge on any atom is -0.462 e. The van der Waals surface area contributed by atoms with E-state index in [9.17, 15) is 9.59 Å². The molecule has 1 heterocycles. The van der Waals surface area contributed by atoms with Gasteiger partial charge < -0.3 is 10.1 Å². The van der Waals surface area contributed by atoms with E-state index in [1.807, 2.05) is 44.2 Å². The molecule has 0 saturated carbocycles. The van der Waals surface area contributed by atoms with Gasteiger partial charge in [-0.05, 0) is 26.3 Å². The molecule has 2 rings (SSSR count). The van der Waals surface area contributed by atoms with Gasteiger partial charge in [-0.3, -0.25) is 10.00 Å². The number of carbonyl (C=O) groups excluding carboxylic acids is 2. The number of benzene rings is 1. The number of rotatable bonds is 6. The molecule has 0 saturated heterocycles. The fraction of sp³-hybridized carbons (Fsp3) is 0.353. The van der Waals surface area contributed by atoms with Crippen LogP contribution in [0.2, 0.25) is 0 Å². The number of esters is 1. The number of hydrogen-bond donors (Lipinski definition) is 2. The van der Waals surface area contributed by atoms with Crippen LogP contribution in [0.1, 0.15) is 36.7 Å². The van der Waals surface area contributed by atoms with Crippen molar-refractivity contribution in [3.05, 3.63) is 47.7 Å². The standard InChI is InChI=1S/C17H22N4O3/c1-4-24-16(22)14-11-21(10-13-8-6-5-7-9-13)20-15(14)19-17(23)18-12(2)3/h5-9,11-12H,4,10H2,1-3H3,(H2,18,19,20,23). The summed E-state index contributed by atoms with van der Waals surface area (Å²) in [5, 5.41) is 9.60. The summed E-state index contributed by atoms with van der Waals surface area (Å²) in [6.07, 6.45) is 1.58. The number of nitrogens with one attached hydrogen (secondary N) is 2. The summed E-state index contributed by atoms with van der Waals surface area (Å²) in [5.41, 5.74) is 1.26. The van der Waals surface area contributed by atoms with Gasteiger partial charge in [-0.15, -0.1) is 0 Å². The highest BCUT2D eigenvalue weighted by Gasteiger charge is 2.19. The third-order valence-electron chi connectivity index (χ3n) is 3.10. The Morgan fingerprint density at radius 2 is 1.96 bits per heavy atom. The van der Waals surface area contributed by atoms with E-state index in [4.69, 9.17) is 4.74 Å². The van der Waals surface area contributed by atoms with Crippen LogP contribution >= 0.6 is 0 Å². The van der Waals surface area contributed by atoms with Gasteiger partial charge in [0, 0.05) is 12.2 Å². The van der Waals surface area contributed by atoms with Gasteiger partial charge in [0.1, 0.15) is 5.56 Å². The molecule has 128 valence electrons. The molecule has 0 atom stereocenters. The number of aromatic nitrogens is 2. The molecule has 0 radical (unpaired) electrons. The first-order valence-corrected chi connectivity index (χ1v) is 7.85. The highest BCUT2D eigenvalue weighted by Crippen LogP contribution is 2.16. The first-order valence-electron chi connectivity index (χ1n) is 7.85. The van der Waals surface area contributed by atoms with Gasteiger partial charge in [-0.1, -0.05) is 30.3 Å². The molecule has 24 heavy (non-hydrogen) atoms. The monoisotopic (exact) mass is 330 g/mol. The molecular formula is C17H22N4O3. The van der Waals surface area contributed by atoms with Crippen LogP contribution in [0.5, 0.6) is 0 Å². The van der Waals surface area contributed by atoms with Crippen LogP contribution in [0.15, 0.2) is 36.5 Å².